The molecule has 12 heteroatoms. The lowest BCUT2D eigenvalue weighted by molar-refractivity contribution is -0.297. The van der Waals surface area contributed by atoms with E-state index in [4.69, 9.17) is 14.2 Å². The molecule has 3 aromatic carbocycles. The largest absolute Gasteiger partial charge is 0.494 e. The van der Waals surface area contributed by atoms with Crippen molar-refractivity contribution in [3.8, 4) is 22.6 Å². The molecular weight excluding hydrogens is 642 g/mol. The van der Waals surface area contributed by atoms with Crippen LogP contribution in [0.3, 0.4) is 0 Å². The summed E-state index contributed by atoms with van der Waals surface area (Å²) in [4.78, 5) is 24.9. The molecule has 1 atom stereocenters. The van der Waals surface area contributed by atoms with Crippen LogP contribution in [0.2, 0.25) is 0 Å². The van der Waals surface area contributed by atoms with E-state index in [0.29, 0.717) is 6.61 Å². The van der Waals surface area contributed by atoms with Crippen LogP contribution in [-0.2, 0) is 9.47 Å². The first-order valence-corrected chi connectivity index (χ1v) is 15.9. The van der Waals surface area contributed by atoms with Gasteiger partial charge in [0, 0.05) is 6.07 Å². The van der Waals surface area contributed by atoms with E-state index in [2.05, 4.69) is 11.7 Å². The van der Waals surface area contributed by atoms with Crippen LogP contribution in [0.15, 0.2) is 66.7 Å². The second-order valence-electron chi connectivity index (χ2n) is 11.4. The van der Waals surface area contributed by atoms with Gasteiger partial charge >= 0.3 is 24.0 Å². The SMILES string of the molecule is CCCCCCCCCCOc1ccc(-c2ccc(C(=O)Oc3ccc(C(=O)OC(C)COCC(F)(F)C(F)(F)F)c(F)c3)cc2)cc1. The van der Waals surface area contributed by atoms with Gasteiger partial charge in [-0.05, 0) is 60.9 Å². The van der Waals surface area contributed by atoms with E-state index < -0.39 is 54.7 Å². The van der Waals surface area contributed by atoms with Crippen LogP contribution in [0.5, 0.6) is 11.5 Å². The van der Waals surface area contributed by atoms with Gasteiger partial charge in [0.05, 0.1) is 24.3 Å². The summed E-state index contributed by atoms with van der Waals surface area (Å²) < 4.78 is 97.4. The van der Waals surface area contributed by atoms with Crippen LogP contribution in [-0.4, -0.2) is 50.0 Å². The normalized spacial score (nSPS) is 12.4. The predicted molar refractivity (Wildman–Crippen MR) is 168 cm³/mol. The maximum atomic E-state index is 14.6. The molecule has 6 nitrogen and oxygen atoms in total. The van der Waals surface area contributed by atoms with E-state index in [1.54, 1.807) is 24.3 Å². The molecule has 0 aliphatic carbocycles. The summed E-state index contributed by atoms with van der Waals surface area (Å²) in [6, 6.07) is 17.1. The van der Waals surface area contributed by atoms with E-state index in [9.17, 15) is 35.9 Å². The molecule has 0 aromatic heterocycles. The van der Waals surface area contributed by atoms with Gasteiger partial charge in [0.15, 0.2) is 0 Å². The number of esters is 2. The molecular formula is C36H40F6O6. The Bertz CT molecular complexity index is 1440. The topological polar surface area (TPSA) is 71.1 Å². The van der Waals surface area contributed by atoms with Gasteiger partial charge in [-0.15, -0.1) is 0 Å². The van der Waals surface area contributed by atoms with E-state index in [1.165, 1.54) is 45.4 Å². The molecule has 0 amide bonds. The van der Waals surface area contributed by atoms with Crippen molar-refractivity contribution in [2.24, 2.45) is 0 Å². The van der Waals surface area contributed by atoms with Gasteiger partial charge < -0.3 is 18.9 Å². The molecule has 0 aliphatic heterocycles. The number of rotatable bonds is 19. The van der Waals surface area contributed by atoms with Crippen molar-refractivity contribution < 1.29 is 54.9 Å². The first kappa shape index (κ1) is 38.4. The summed E-state index contributed by atoms with van der Waals surface area (Å²) >= 11 is 0. The van der Waals surface area contributed by atoms with Gasteiger partial charge in [-0.1, -0.05) is 76.1 Å². The number of ether oxygens (including phenoxy) is 4. The van der Waals surface area contributed by atoms with Gasteiger partial charge in [0.1, 0.15) is 30.0 Å². The minimum Gasteiger partial charge on any atom is -0.494 e. The van der Waals surface area contributed by atoms with Crippen LogP contribution >= 0.6 is 0 Å². The zero-order valence-electron chi connectivity index (χ0n) is 26.9. The first-order valence-electron chi connectivity index (χ1n) is 15.9. The number of alkyl halides is 5. The van der Waals surface area contributed by atoms with Gasteiger partial charge in [0.25, 0.3) is 0 Å². The fraction of sp³-hybridized carbons (Fsp3) is 0.444. The maximum absolute atomic E-state index is 14.6. The monoisotopic (exact) mass is 682 g/mol. The lowest BCUT2D eigenvalue weighted by atomic mass is 10.0. The Morgan fingerprint density at radius 1 is 0.729 bits per heavy atom. The minimum atomic E-state index is -5.79. The summed E-state index contributed by atoms with van der Waals surface area (Å²) in [5.74, 6) is -7.60. The molecule has 0 fully saturated rings. The van der Waals surface area contributed by atoms with Crippen molar-refractivity contribution in [2.45, 2.75) is 83.4 Å². The molecule has 1 unspecified atom stereocenters. The van der Waals surface area contributed by atoms with Crippen LogP contribution in [0.25, 0.3) is 11.1 Å². The Hall–Kier alpha value is -4.06. The minimum absolute atomic E-state index is 0.192. The van der Waals surface area contributed by atoms with Crippen molar-refractivity contribution in [1.82, 2.24) is 0 Å². The Morgan fingerprint density at radius 2 is 1.29 bits per heavy atom. The number of carbonyl (C=O) groups is 2. The fourth-order valence-electron chi connectivity index (χ4n) is 4.57. The Morgan fingerprint density at radius 3 is 1.88 bits per heavy atom. The number of carbonyl (C=O) groups excluding carboxylic acids is 2. The highest BCUT2D eigenvalue weighted by Crippen LogP contribution is 2.35. The third-order valence-corrected chi connectivity index (χ3v) is 7.30. The van der Waals surface area contributed by atoms with Gasteiger partial charge in [-0.3, -0.25) is 0 Å². The molecule has 0 aliphatic rings. The van der Waals surface area contributed by atoms with Gasteiger partial charge in [0.2, 0.25) is 0 Å². The lowest BCUT2D eigenvalue weighted by Crippen LogP contribution is -2.41. The van der Waals surface area contributed by atoms with Crippen LogP contribution in [0.1, 0.15) is 85.9 Å². The highest BCUT2D eigenvalue weighted by atomic mass is 19.4. The summed E-state index contributed by atoms with van der Waals surface area (Å²) in [6.45, 7) is 1.31. The third kappa shape index (κ3) is 12.2. The van der Waals surface area contributed by atoms with Crippen LogP contribution < -0.4 is 9.47 Å². The smallest absolute Gasteiger partial charge is 0.455 e. The predicted octanol–water partition coefficient (Wildman–Crippen LogP) is 9.99. The summed E-state index contributed by atoms with van der Waals surface area (Å²) in [6.07, 6.45) is 2.78. The van der Waals surface area contributed by atoms with Crippen LogP contribution in [0, 0.1) is 5.82 Å². The first-order chi connectivity index (χ1) is 22.8. The average Bonchev–Trinajstić information content (AvgIpc) is 3.03. The van der Waals surface area contributed by atoms with Crippen molar-refractivity contribution in [3.63, 3.8) is 0 Å². The molecule has 3 aromatic rings. The van der Waals surface area contributed by atoms with E-state index in [1.807, 2.05) is 24.3 Å². The second kappa shape index (κ2) is 18.5. The lowest BCUT2D eigenvalue weighted by Gasteiger charge is -2.20. The molecule has 0 spiro atoms. The molecule has 0 bridgehead atoms. The van der Waals surface area contributed by atoms with Gasteiger partial charge in [-0.2, -0.15) is 22.0 Å². The van der Waals surface area contributed by atoms with Gasteiger partial charge in [-0.25, -0.2) is 14.0 Å². The van der Waals surface area contributed by atoms with Crippen molar-refractivity contribution in [1.29, 1.82) is 0 Å². The molecule has 262 valence electrons. The maximum Gasteiger partial charge on any atom is 0.455 e. The molecule has 0 saturated carbocycles. The Labute approximate surface area is 276 Å². The highest BCUT2D eigenvalue weighted by Gasteiger charge is 2.57. The quantitative estimate of drug-likeness (QED) is 0.0543. The zero-order chi connectivity index (χ0) is 35.2. The molecule has 0 radical (unpaired) electrons. The molecule has 0 heterocycles. The van der Waals surface area contributed by atoms with E-state index >= 15 is 0 Å². The second-order valence-corrected chi connectivity index (χ2v) is 11.4. The standard InChI is InChI=1S/C36H40F6O6/c1-3-4-5-6-7-8-9-10-21-46-29-17-15-27(16-18-29)26-11-13-28(14-12-26)33(43)48-30-19-20-31(32(37)22-30)34(44)47-25(2)23-45-24-35(38,39)36(40,41)42/h11-20,22,25H,3-10,21,23-24H2,1-2H3. The van der Waals surface area contributed by atoms with Crippen molar-refractivity contribution in [2.75, 3.05) is 19.8 Å². The molecule has 0 N–H and O–H groups in total. The van der Waals surface area contributed by atoms with E-state index in [-0.39, 0.29) is 11.3 Å². The fourth-order valence-corrected chi connectivity index (χ4v) is 4.57. The molecule has 48 heavy (non-hydrogen) atoms. The number of unbranched alkanes of at least 4 members (excludes halogenated alkanes) is 7. The number of halogens is 6. The average molecular weight is 683 g/mol. The highest BCUT2D eigenvalue weighted by molar-refractivity contribution is 5.92. The zero-order valence-corrected chi connectivity index (χ0v) is 26.9. The Balaban J connectivity index is 1.44. The van der Waals surface area contributed by atoms with Crippen LogP contribution in [0.4, 0.5) is 26.3 Å². The number of hydrogen-bond acceptors (Lipinski definition) is 6. The summed E-state index contributed by atoms with van der Waals surface area (Å²) in [5.41, 5.74) is 1.39. The van der Waals surface area contributed by atoms with Crippen molar-refractivity contribution in [3.05, 3.63) is 83.7 Å². The Kier molecular flexibility index (Phi) is 14.8. The van der Waals surface area contributed by atoms with Crippen molar-refractivity contribution >= 4 is 11.9 Å². The molecule has 3 rings (SSSR count). The number of hydrogen-bond donors (Lipinski definition) is 0. The third-order valence-electron chi connectivity index (χ3n) is 7.30. The molecule has 0 saturated heterocycles. The van der Waals surface area contributed by atoms with E-state index in [0.717, 1.165) is 47.9 Å². The summed E-state index contributed by atoms with van der Waals surface area (Å²) in [7, 11) is 0. The summed E-state index contributed by atoms with van der Waals surface area (Å²) in [5, 5.41) is 0. The number of benzene rings is 3.